The zero-order chi connectivity index (χ0) is 11.4. The number of hydrogen-bond donors (Lipinski definition) is 0. The van der Waals surface area contributed by atoms with Crippen molar-refractivity contribution in [3.05, 3.63) is 34.4 Å². The quantitative estimate of drug-likeness (QED) is 0.611. The van der Waals surface area contributed by atoms with Crippen LogP contribution in [0.1, 0.15) is 27.0 Å². The Bertz CT molecular complexity index is 435. The summed E-state index contributed by atoms with van der Waals surface area (Å²) in [5.74, 6) is -0.416. The maximum Gasteiger partial charge on any atom is 0.338 e. The van der Waals surface area contributed by atoms with Crippen LogP contribution in [0.5, 0.6) is 0 Å². The van der Waals surface area contributed by atoms with Crippen LogP contribution in [0.25, 0.3) is 0 Å². The molecule has 0 saturated carbocycles. The molecule has 0 bridgehead atoms. The first kappa shape index (κ1) is 11.7. The van der Waals surface area contributed by atoms with Gasteiger partial charge in [-0.15, -0.1) is 0 Å². The van der Waals surface area contributed by atoms with Crippen LogP contribution < -0.4 is 0 Å². The summed E-state index contributed by atoms with van der Waals surface area (Å²) in [4.78, 5) is 11.4. The van der Waals surface area contributed by atoms with Gasteiger partial charge in [-0.25, -0.2) is 4.79 Å². The molecule has 0 aliphatic carbocycles. The number of rotatable bonds is 2. The topological polar surface area (TPSA) is 50.1 Å². The SMILES string of the molecule is COC(=O)c1ccc(C)c(C#N)c1CBr. The Kier molecular flexibility index (Phi) is 3.87. The lowest BCUT2D eigenvalue weighted by Gasteiger charge is -2.09. The van der Waals surface area contributed by atoms with Gasteiger partial charge < -0.3 is 4.74 Å². The summed E-state index contributed by atoms with van der Waals surface area (Å²) in [6.07, 6.45) is 0. The lowest BCUT2D eigenvalue weighted by molar-refractivity contribution is 0.0600. The molecule has 0 saturated heterocycles. The maximum absolute atomic E-state index is 11.4. The Labute approximate surface area is 96.8 Å². The highest BCUT2D eigenvalue weighted by Crippen LogP contribution is 2.21. The predicted molar refractivity (Wildman–Crippen MR) is 59.9 cm³/mol. The van der Waals surface area contributed by atoms with E-state index in [1.807, 2.05) is 6.92 Å². The predicted octanol–water partition coefficient (Wildman–Crippen LogP) is 2.55. The molecule has 15 heavy (non-hydrogen) atoms. The van der Waals surface area contributed by atoms with E-state index >= 15 is 0 Å². The van der Waals surface area contributed by atoms with Crippen LogP contribution in [-0.2, 0) is 10.1 Å². The van der Waals surface area contributed by atoms with Crippen LogP contribution >= 0.6 is 15.9 Å². The van der Waals surface area contributed by atoms with Crippen molar-refractivity contribution in [3.8, 4) is 6.07 Å². The number of alkyl halides is 1. The first-order valence-electron chi connectivity index (χ1n) is 4.32. The minimum atomic E-state index is -0.416. The molecule has 1 aromatic rings. The van der Waals surface area contributed by atoms with E-state index in [1.165, 1.54) is 7.11 Å². The smallest absolute Gasteiger partial charge is 0.338 e. The zero-order valence-corrected chi connectivity index (χ0v) is 10.1. The number of carbonyl (C=O) groups is 1. The van der Waals surface area contributed by atoms with E-state index in [4.69, 9.17) is 5.26 Å². The number of aryl methyl sites for hydroxylation is 1. The molecule has 0 atom stereocenters. The Balaban J connectivity index is 3.43. The summed E-state index contributed by atoms with van der Waals surface area (Å²) in [5.41, 5.74) is 2.52. The molecule has 0 aliphatic rings. The number of nitriles is 1. The van der Waals surface area contributed by atoms with Crippen molar-refractivity contribution >= 4 is 21.9 Å². The minimum Gasteiger partial charge on any atom is -0.465 e. The van der Waals surface area contributed by atoms with E-state index in [-0.39, 0.29) is 0 Å². The molecule has 0 heterocycles. The first-order chi connectivity index (χ1) is 7.15. The molecule has 4 heteroatoms. The maximum atomic E-state index is 11.4. The van der Waals surface area contributed by atoms with E-state index in [0.29, 0.717) is 22.0 Å². The van der Waals surface area contributed by atoms with Gasteiger partial charge >= 0.3 is 5.97 Å². The number of nitrogens with zero attached hydrogens (tertiary/aromatic N) is 1. The number of ether oxygens (including phenoxy) is 1. The molecule has 0 radical (unpaired) electrons. The van der Waals surface area contributed by atoms with E-state index in [1.54, 1.807) is 12.1 Å². The molecule has 0 amide bonds. The first-order valence-corrected chi connectivity index (χ1v) is 5.44. The highest BCUT2D eigenvalue weighted by molar-refractivity contribution is 9.08. The fourth-order valence-electron chi connectivity index (χ4n) is 1.36. The number of benzene rings is 1. The van der Waals surface area contributed by atoms with Gasteiger partial charge in [0.2, 0.25) is 0 Å². The third-order valence-corrected chi connectivity index (χ3v) is 2.73. The molecule has 0 fully saturated rings. The van der Waals surface area contributed by atoms with Crippen LogP contribution in [-0.4, -0.2) is 13.1 Å². The Morgan fingerprint density at radius 3 is 2.73 bits per heavy atom. The van der Waals surface area contributed by atoms with Gasteiger partial charge in [-0.1, -0.05) is 22.0 Å². The van der Waals surface area contributed by atoms with Crippen molar-refractivity contribution in [2.75, 3.05) is 7.11 Å². The van der Waals surface area contributed by atoms with Crippen LogP contribution in [0.3, 0.4) is 0 Å². The number of carbonyl (C=O) groups excluding carboxylic acids is 1. The minimum absolute atomic E-state index is 0.416. The van der Waals surface area contributed by atoms with Gasteiger partial charge in [-0.05, 0) is 24.1 Å². The van der Waals surface area contributed by atoms with Crippen molar-refractivity contribution in [2.24, 2.45) is 0 Å². The standard InChI is InChI=1S/C11H10BrNO2/c1-7-3-4-8(11(14)15-2)9(5-12)10(7)6-13/h3-4H,5H2,1-2H3. The van der Waals surface area contributed by atoms with E-state index in [2.05, 4.69) is 26.7 Å². The molecular weight excluding hydrogens is 258 g/mol. The third-order valence-electron chi connectivity index (χ3n) is 2.17. The summed E-state index contributed by atoms with van der Waals surface area (Å²) >= 11 is 3.27. The Morgan fingerprint density at radius 2 is 2.27 bits per heavy atom. The van der Waals surface area contributed by atoms with Crippen LogP contribution in [0.2, 0.25) is 0 Å². The summed E-state index contributed by atoms with van der Waals surface area (Å²) in [7, 11) is 1.33. The van der Waals surface area contributed by atoms with E-state index in [9.17, 15) is 4.79 Å². The average molecular weight is 268 g/mol. The summed E-state index contributed by atoms with van der Waals surface area (Å²) in [6.45, 7) is 1.84. The van der Waals surface area contributed by atoms with Gasteiger partial charge in [0.1, 0.15) is 0 Å². The second-order valence-corrected chi connectivity index (χ2v) is 3.58. The van der Waals surface area contributed by atoms with Gasteiger partial charge in [0.05, 0.1) is 24.3 Å². The van der Waals surface area contributed by atoms with Crippen molar-refractivity contribution in [2.45, 2.75) is 12.3 Å². The van der Waals surface area contributed by atoms with E-state index < -0.39 is 5.97 Å². The Hall–Kier alpha value is -1.34. The van der Waals surface area contributed by atoms with Crippen molar-refractivity contribution in [1.29, 1.82) is 5.26 Å². The molecule has 78 valence electrons. The van der Waals surface area contributed by atoms with Gasteiger partial charge in [0.15, 0.2) is 0 Å². The second-order valence-electron chi connectivity index (χ2n) is 3.02. The van der Waals surface area contributed by atoms with Gasteiger partial charge in [0, 0.05) is 5.33 Å². The largest absolute Gasteiger partial charge is 0.465 e. The molecule has 0 N–H and O–H groups in total. The molecule has 1 aromatic carbocycles. The summed E-state index contributed by atoms with van der Waals surface area (Å²) in [6, 6.07) is 5.52. The molecule has 0 aromatic heterocycles. The van der Waals surface area contributed by atoms with Crippen LogP contribution in [0.4, 0.5) is 0 Å². The number of halogens is 1. The monoisotopic (exact) mass is 267 g/mol. The highest BCUT2D eigenvalue weighted by Gasteiger charge is 2.15. The van der Waals surface area contributed by atoms with Crippen molar-refractivity contribution in [1.82, 2.24) is 0 Å². The van der Waals surface area contributed by atoms with Crippen LogP contribution in [0, 0.1) is 18.3 Å². The molecule has 0 spiro atoms. The normalized spacial score (nSPS) is 9.47. The van der Waals surface area contributed by atoms with Gasteiger partial charge in [-0.2, -0.15) is 5.26 Å². The van der Waals surface area contributed by atoms with Crippen molar-refractivity contribution in [3.63, 3.8) is 0 Å². The summed E-state index contributed by atoms with van der Waals surface area (Å²) < 4.78 is 4.65. The third kappa shape index (κ3) is 2.18. The lowest BCUT2D eigenvalue weighted by Crippen LogP contribution is -2.07. The molecule has 1 rings (SSSR count). The van der Waals surface area contributed by atoms with E-state index in [0.717, 1.165) is 5.56 Å². The molecule has 0 unspecified atom stereocenters. The summed E-state index contributed by atoms with van der Waals surface area (Å²) in [5, 5.41) is 9.45. The van der Waals surface area contributed by atoms with Crippen LogP contribution in [0.15, 0.2) is 12.1 Å². The Morgan fingerprint density at radius 1 is 1.60 bits per heavy atom. The molecule has 3 nitrogen and oxygen atoms in total. The number of hydrogen-bond acceptors (Lipinski definition) is 3. The lowest BCUT2D eigenvalue weighted by atomic mass is 9.99. The molecular formula is C11H10BrNO2. The van der Waals surface area contributed by atoms with Gasteiger partial charge in [0.25, 0.3) is 0 Å². The van der Waals surface area contributed by atoms with Gasteiger partial charge in [-0.3, -0.25) is 0 Å². The fourth-order valence-corrected chi connectivity index (χ4v) is 1.94. The number of esters is 1. The zero-order valence-electron chi connectivity index (χ0n) is 8.50. The fraction of sp³-hybridized carbons (Fsp3) is 0.273. The molecule has 0 aliphatic heterocycles. The van der Waals surface area contributed by atoms with Crippen molar-refractivity contribution < 1.29 is 9.53 Å². The average Bonchev–Trinajstić information content (AvgIpc) is 2.27. The second kappa shape index (κ2) is 4.94. The number of methoxy groups -OCH3 is 1. The highest BCUT2D eigenvalue weighted by atomic mass is 79.9.